The fourth-order valence-corrected chi connectivity index (χ4v) is 3.48. The van der Waals surface area contributed by atoms with E-state index in [1.54, 1.807) is 35.4 Å². The average Bonchev–Trinajstić information content (AvgIpc) is 2.68. The van der Waals surface area contributed by atoms with Gasteiger partial charge in [0.1, 0.15) is 0 Å². The molecule has 1 aliphatic heterocycles. The molecular weight excluding hydrogens is 338 g/mol. The number of allylic oxidation sites excluding steroid dienone is 1. The first kappa shape index (κ1) is 16.9. The SMILES string of the molecule is NN(C(=O)C1=CN(c2ccccc2)C=CC1)S(=O)(=O)c1ccccc1. The maximum Gasteiger partial charge on any atom is 0.280 e. The largest absolute Gasteiger partial charge is 0.324 e. The zero-order valence-electron chi connectivity index (χ0n) is 13.3. The van der Waals surface area contributed by atoms with Gasteiger partial charge in [0, 0.05) is 23.7 Å². The van der Waals surface area contributed by atoms with Gasteiger partial charge in [-0.2, -0.15) is 12.8 Å². The highest BCUT2D eigenvalue weighted by molar-refractivity contribution is 7.89. The highest BCUT2D eigenvalue weighted by Crippen LogP contribution is 2.23. The fourth-order valence-electron chi connectivity index (χ4n) is 2.42. The first-order chi connectivity index (χ1) is 12.0. The molecule has 6 nitrogen and oxygen atoms in total. The third kappa shape index (κ3) is 3.47. The third-order valence-electron chi connectivity index (χ3n) is 3.73. The molecule has 0 bridgehead atoms. The first-order valence-corrected chi connectivity index (χ1v) is 9.04. The van der Waals surface area contributed by atoms with Gasteiger partial charge in [0.25, 0.3) is 15.9 Å². The van der Waals surface area contributed by atoms with Gasteiger partial charge >= 0.3 is 0 Å². The van der Waals surface area contributed by atoms with Gasteiger partial charge < -0.3 is 4.90 Å². The van der Waals surface area contributed by atoms with Crippen LogP contribution in [0.4, 0.5) is 5.69 Å². The molecule has 1 aliphatic rings. The zero-order valence-corrected chi connectivity index (χ0v) is 14.1. The Morgan fingerprint density at radius 3 is 2.24 bits per heavy atom. The molecule has 2 aromatic carbocycles. The highest BCUT2D eigenvalue weighted by Gasteiger charge is 2.29. The molecule has 2 N–H and O–H groups in total. The van der Waals surface area contributed by atoms with Crippen LogP contribution in [0.2, 0.25) is 0 Å². The van der Waals surface area contributed by atoms with E-state index in [1.807, 2.05) is 36.5 Å². The Morgan fingerprint density at radius 2 is 1.60 bits per heavy atom. The van der Waals surface area contributed by atoms with Gasteiger partial charge in [0.15, 0.2) is 0 Å². The van der Waals surface area contributed by atoms with Crippen LogP contribution in [-0.4, -0.2) is 18.7 Å². The summed E-state index contributed by atoms with van der Waals surface area (Å²) in [5, 5.41) is 0. The number of anilines is 1. The fraction of sp³-hybridized carbons (Fsp3) is 0.0556. The summed E-state index contributed by atoms with van der Waals surface area (Å²) in [6, 6.07) is 17.0. The number of amides is 1. The molecule has 0 saturated carbocycles. The van der Waals surface area contributed by atoms with Crippen molar-refractivity contribution >= 4 is 21.6 Å². The smallest absolute Gasteiger partial charge is 0.280 e. The summed E-state index contributed by atoms with van der Waals surface area (Å²) in [5.41, 5.74) is 1.14. The predicted molar refractivity (Wildman–Crippen MR) is 95.4 cm³/mol. The quantitative estimate of drug-likeness (QED) is 0.517. The van der Waals surface area contributed by atoms with E-state index in [0.717, 1.165) is 5.69 Å². The van der Waals surface area contributed by atoms with Crippen molar-refractivity contribution in [3.05, 3.63) is 84.7 Å². The van der Waals surface area contributed by atoms with Crippen molar-refractivity contribution in [3.63, 3.8) is 0 Å². The standard InChI is InChI=1S/C18H17N3O3S/c19-21(25(23,24)17-11-5-2-6-12-17)18(22)15-8-7-13-20(14-15)16-9-3-1-4-10-16/h1-7,9-14H,8,19H2. The first-order valence-electron chi connectivity index (χ1n) is 7.60. The van der Waals surface area contributed by atoms with Crippen molar-refractivity contribution in [1.82, 2.24) is 4.41 Å². The normalized spacial score (nSPS) is 14.1. The van der Waals surface area contributed by atoms with E-state index in [0.29, 0.717) is 10.8 Å². The van der Waals surface area contributed by atoms with E-state index in [2.05, 4.69) is 0 Å². The number of hydrogen-bond donors (Lipinski definition) is 1. The summed E-state index contributed by atoms with van der Waals surface area (Å²) in [6.07, 6.45) is 5.50. The van der Waals surface area contributed by atoms with E-state index in [4.69, 9.17) is 5.84 Å². The lowest BCUT2D eigenvalue weighted by Crippen LogP contribution is -2.43. The van der Waals surface area contributed by atoms with Crippen LogP contribution >= 0.6 is 0 Å². The van der Waals surface area contributed by atoms with Gasteiger partial charge in [-0.3, -0.25) is 4.79 Å². The molecular formula is C18H17N3O3S. The van der Waals surface area contributed by atoms with Gasteiger partial charge in [-0.1, -0.05) is 42.5 Å². The molecule has 0 spiro atoms. The van der Waals surface area contributed by atoms with Crippen LogP contribution in [0.1, 0.15) is 6.42 Å². The maximum absolute atomic E-state index is 12.6. The summed E-state index contributed by atoms with van der Waals surface area (Å²) in [5.74, 6) is 4.90. The molecule has 3 rings (SSSR count). The number of hydrazine groups is 1. The molecule has 1 amide bonds. The van der Waals surface area contributed by atoms with Gasteiger partial charge in [-0.05, 0) is 30.7 Å². The van der Waals surface area contributed by atoms with Crippen molar-refractivity contribution < 1.29 is 13.2 Å². The van der Waals surface area contributed by atoms with Crippen LogP contribution in [0.25, 0.3) is 0 Å². The topological polar surface area (TPSA) is 83.7 Å². The molecule has 0 fully saturated rings. The Morgan fingerprint density at radius 1 is 1.00 bits per heavy atom. The maximum atomic E-state index is 12.6. The van der Waals surface area contributed by atoms with Gasteiger partial charge in [0.2, 0.25) is 0 Å². The number of hydrogen-bond acceptors (Lipinski definition) is 5. The second kappa shape index (κ2) is 6.92. The van der Waals surface area contributed by atoms with Gasteiger partial charge in [0.05, 0.1) is 4.90 Å². The van der Waals surface area contributed by atoms with Crippen LogP contribution in [-0.2, 0) is 14.8 Å². The lowest BCUT2D eigenvalue weighted by molar-refractivity contribution is -0.122. The molecule has 7 heteroatoms. The molecule has 25 heavy (non-hydrogen) atoms. The van der Waals surface area contributed by atoms with Crippen molar-refractivity contribution in [2.24, 2.45) is 5.84 Å². The molecule has 1 heterocycles. The Balaban J connectivity index is 1.86. The molecule has 0 atom stereocenters. The molecule has 0 unspecified atom stereocenters. The summed E-state index contributed by atoms with van der Waals surface area (Å²) in [6.45, 7) is 0. The van der Waals surface area contributed by atoms with Crippen LogP contribution in [0.3, 0.4) is 0 Å². The third-order valence-corrected chi connectivity index (χ3v) is 5.28. The second-order valence-electron chi connectivity index (χ2n) is 5.41. The van der Waals surface area contributed by atoms with E-state index in [-0.39, 0.29) is 10.5 Å². The summed E-state index contributed by atoms with van der Waals surface area (Å²) < 4.78 is 25.3. The Kier molecular flexibility index (Phi) is 4.69. The zero-order chi connectivity index (χ0) is 17.9. The van der Waals surface area contributed by atoms with Gasteiger partial charge in [-0.25, -0.2) is 5.84 Å². The molecule has 2 aromatic rings. The van der Waals surface area contributed by atoms with Crippen LogP contribution in [0, 0.1) is 0 Å². The number of benzene rings is 2. The van der Waals surface area contributed by atoms with Crippen LogP contribution in [0.5, 0.6) is 0 Å². The number of nitrogens with zero attached hydrogens (tertiary/aromatic N) is 2. The van der Waals surface area contributed by atoms with E-state index in [1.165, 1.54) is 12.1 Å². The average molecular weight is 355 g/mol. The Labute approximate surface area is 146 Å². The van der Waals surface area contributed by atoms with Crippen molar-refractivity contribution in [2.45, 2.75) is 11.3 Å². The predicted octanol–water partition coefficient (Wildman–Crippen LogP) is 2.39. The van der Waals surface area contributed by atoms with Crippen molar-refractivity contribution in [1.29, 1.82) is 0 Å². The molecule has 0 aromatic heterocycles. The summed E-state index contributed by atoms with van der Waals surface area (Å²) in [4.78, 5) is 14.3. The van der Waals surface area contributed by atoms with E-state index >= 15 is 0 Å². The van der Waals surface area contributed by atoms with Gasteiger partial charge in [-0.15, -0.1) is 0 Å². The minimum absolute atomic E-state index is 0.0299. The van der Waals surface area contributed by atoms with E-state index < -0.39 is 15.9 Å². The summed E-state index contributed by atoms with van der Waals surface area (Å²) in [7, 11) is -4.09. The number of rotatable bonds is 4. The summed E-state index contributed by atoms with van der Waals surface area (Å²) >= 11 is 0. The Bertz CT molecular complexity index is 923. The highest BCUT2D eigenvalue weighted by atomic mass is 32.2. The number of nitrogens with two attached hydrogens (primary N) is 1. The Hall–Kier alpha value is -2.90. The van der Waals surface area contributed by atoms with Crippen LogP contribution < -0.4 is 10.7 Å². The lowest BCUT2D eigenvalue weighted by atomic mass is 10.1. The number of carbonyl (C=O) groups excluding carboxylic acids is 1. The minimum Gasteiger partial charge on any atom is -0.324 e. The second-order valence-corrected chi connectivity index (χ2v) is 7.22. The van der Waals surface area contributed by atoms with Crippen molar-refractivity contribution in [3.8, 4) is 0 Å². The molecule has 0 radical (unpaired) electrons. The monoisotopic (exact) mass is 355 g/mol. The molecule has 128 valence electrons. The lowest BCUT2D eigenvalue weighted by Gasteiger charge is -2.23. The number of carbonyl (C=O) groups is 1. The van der Waals surface area contributed by atoms with E-state index in [9.17, 15) is 13.2 Å². The van der Waals surface area contributed by atoms with Crippen LogP contribution in [0.15, 0.2) is 89.6 Å². The van der Waals surface area contributed by atoms with Crippen molar-refractivity contribution in [2.75, 3.05) is 4.90 Å². The minimum atomic E-state index is -4.09. The number of sulfonamides is 1. The molecule has 0 saturated heterocycles. The molecule has 0 aliphatic carbocycles. The number of para-hydroxylation sites is 1.